The smallest absolute Gasteiger partial charge is 0.213 e. The molecular weight excluding hydrogens is 254 g/mol. The Morgan fingerprint density at radius 2 is 2.00 bits per heavy atom. The summed E-state index contributed by atoms with van der Waals surface area (Å²) < 4.78 is 8.97. The van der Waals surface area contributed by atoms with Crippen LogP contribution in [0.2, 0.25) is 0 Å². The first kappa shape index (κ1) is 14.4. The Balaban J connectivity index is 2.14. The molecule has 0 saturated heterocycles. The van der Waals surface area contributed by atoms with E-state index in [0.717, 1.165) is 17.4 Å². The molecule has 1 N–H and O–H groups in total. The Bertz CT molecular complexity index is 597. The third-order valence-corrected chi connectivity index (χ3v) is 3.46. The average Bonchev–Trinajstić information content (AvgIpc) is 2.88. The lowest BCUT2D eigenvalue weighted by atomic mass is 10.2. The van der Waals surface area contributed by atoms with Crippen molar-refractivity contribution in [1.82, 2.24) is 19.6 Å². The van der Waals surface area contributed by atoms with Gasteiger partial charge in [0.25, 0.3) is 0 Å². The van der Waals surface area contributed by atoms with E-state index in [9.17, 15) is 0 Å². The van der Waals surface area contributed by atoms with Crippen molar-refractivity contribution in [2.75, 3.05) is 12.4 Å². The van der Waals surface area contributed by atoms with Crippen LogP contribution in [-0.2, 0) is 13.6 Å². The molecule has 2 aromatic rings. The lowest BCUT2D eigenvalue weighted by Gasteiger charge is -2.09. The van der Waals surface area contributed by atoms with Crippen LogP contribution in [0.1, 0.15) is 36.8 Å². The Labute approximate surface area is 119 Å². The first-order valence-corrected chi connectivity index (χ1v) is 6.80. The van der Waals surface area contributed by atoms with Crippen LogP contribution in [0.3, 0.4) is 0 Å². The maximum absolute atomic E-state index is 5.20. The van der Waals surface area contributed by atoms with Crippen LogP contribution in [0.25, 0.3) is 0 Å². The van der Waals surface area contributed by atoms with Crippen molar-refractivity contribution in [2.45, 2.75) is 40.3 Å². The SMILES string of the molecule is COc1cc(NCc2c(C)nn(C(C)C)c2C)nn1C. The number of nitrogens with one attached hydrogen (secondary N) is 1. The topological polar surface area (TPSA) is 56.9 Å². The summed E-state index contributed by atoms with van der Waals surface area (Å²) in [5.74, 6) is 1.54. The normalized spacial score (nSPS) is 11.2. The molecule has 0 aliphatic carbocycles. The van der Waals surface area contributed by atoms with E-state index in [4.69, 9.17) is 4.74 Å². The highest BCUT2D eigenvalue weighted by molar-refractivity contribution is 5.40. The zero-order valence-electron chi connectivity index (χ0n) is 13.1. The summed E-state index contributed by atoms with van der Waals surface area (Å²) in [6.45, 7) is 9.14. The molecular formula is C14H23N5O. The number of rotatable bonds is 5. The molecule has 6 nitrogen and oxygen atoms in total. The highest BCUT2D eigenvalue weighted by Gasteiger charge is 2.14. The predicted octanol–water partition coefficient (Wildman–Crippen LogP) is 2.44. The molecule has 2 rings (SSSR count). The van der Waals surface area contributed by atoms with Crippen LogP contribution < -0.4 is 10.1 Å². The quantitative estimate of drug-likeness (QED) is 0.912. The molecule has 0 radical (unpaired) electrons. The zero-order chi connectivity index (χ0) is 14.9. The molecule has 110 valence electrons. The van der Waals surface area contributed by atoms with Gasteiger partial charge in [-0.15, -0.1) is 0 Å². The summed E-state index contributed by atoms with van der Waals surface area (Å²) in [6.07, 6.45) is 0. The van der Waals surface area contributed by atoms with Crippen molar-refractivity contribution in [1.29, 1.82) is 0 Å². The molecule has 0 fully saturated rings. The molecule has 0 saturated carbocycles. The number of anilines is 1. The minimum Gasteiger partial charge on any atom is -0.481 e. The Kier molecular flexibility index (Phi) is 4.01. The number of hydrogen-bond donors (Lipinski definition) is 1. The van der Waals surface area contributed by atoms with Crippen LogP contribution in [0.15, 0.2) is 6.07 Å². The summed E-state index contributed by atoms with van der Waals surface area (Å²) in [7, 11) is 3.50. The fraction of sp³-hybridized carbons (Fsp3) is 0.571. The molecule has 0 amide bonds. The van der Waals surface area contributed by atoms with Gasteiger partial charge >= 0.3 is 0 Å². The van der Waals surface area contributed by atoms with E-state index >= 15 is 0 Å². The van der Waals surface area contributed by atoms with E-state index < -0.39 is 0 Å². The molecule has 0 atom stereocenters. The molecule has 0 bridgehead atoms. The lowest BCUT2D eigenvalue weighted by Crippen LogP contribution is -2.06. The van der Waals surface area contributed by atoms with Crippen molar-refractivity contribution in [3.8, 4) is 5.88 Å². The standard InChI is InChI=1S/C14H23N5O/c1-9(2)19-11(4)12(10(3)16-19)8-15-13-7-14(20-6)18(5)17-13/h7,9H,8H2,1-6H3,(H,15,17). The van der Waals surface area contributed by atoms with Gasteiger partial charge in [-0.3, -0.25) is 4.68 Å². The largest absolute Gasteiger partial charge is 0.481 e. The number of aryl methyl sites for hydroxylation is 2. The maximum Gasteiger partial charge on any atom is 0.213 e. The van der Waals surface area contributed by atoms with Gasteiger partial charge in [-0.2, -0.15) is 10.2 Å². The van der Waals surface area contributed by atoms with E-state index in [1.54, 1.807) is 11.8 Å². The van der Waals surface area contributed by atoms with Gasteiger partial charge in [-0.25, -0.2) is 4.68 Å². The van der Waals surface area contributed by atoms with Crippen molar-refractivity contribution < 1.29 is 4.74 Å². The van der Waals surface area contributed by atoms with Crippen molar-refractivity contribution in [3.05, 3.63) is 23.0 Å². The first-order chi connectivity index (χ1) is 9.43. The molecule has 0 aliphatic rings. The summed E-state index contributed by atoms with van der Waals surface area (Å²) in [5.41, 5.74) is 3.49. The Morgan fingerprint density at radius 3 is 2.50 bits per heavy atom. The molecule has 0 spiro atoms. The summed E-state index contributed by atoms with van der Waals surface area (Å²) in [4.78, 5) is 0. The molecule has 0 aliphatic heterocycles. The molecule has 0 aromatic carbocycles. The minimum absolute atomic E-state index is 0.373. The van der Waals surface area contributed by atoms with Crippen LogP contribution in [0.5, 0.6) is 5.88 Å². The molecule has 0 unspecified atom stereocenters. The Hall–Kier alpha value is -1.98. The van der Waals surface area contributed by atoms with E-state index in [-0.39, 0.29) is 0 Å². The zero-order valence-corrected chi connectivity index (χ0v) is 13.1. The van der Waals surface area contributed by atoms with Crippen LogP contribution >= 0.6 is 0 Å². The first-order valence-electron chi connectivity index (χ1n) is 6.80. The summed E-state index contributed by atoms with van der Waals surface area (Å²) >= 11 is 0. The van der Waals surface area contributed by atoms with Gasteiger partial charge in [0.1, 0.15) is 0 Å². The molecule has 2 aromatic heterocycles. The van der Waals surface area contributed by atoms with Crippen LogP contribution in [-0.4, -0.2) is 26.7 Å². The summed E-state index contributed by atoms with van der Waals surface area (Å²) in [5, 5.41) is 12.3. The fourth-order valence-electron chi connectivity index (χ4n) is 2.36. The van der Waals surface area contributed by atoms with Gasteiger partial charge in [0.2, 0.25) is 5.88 Å². The number of hydrogen-bond acceptors (Lipinski definition) is 4. The van der Waals surface area contributed by atoms with Crippen LogP contribution in [0, 0.1) is 13.8 Å². The number of methoxy groups -OCH3 is 1. The minimum atomic E-state index is 0.373. The third kappa shape index (κ3) is 2.64. The van der Waals surface area contributed by atoms with E-state index in [1.165, 1.54) is 11.3 Å². The van der Waals surface area contributed by atoms with Crippen molar-refractivity contribution in [2.24, 2.45) is 7.05 Å². The molecule has 2 heterocycles. The van der Waals surface area contributed by atoms with Gasteiger partial charge in [-0.1, -0.05) is 0 Å². The van der Waals surface area contributed by atoms with Crippen LogP contribution in [0.4, 0.5) is 5.82 Å². The number of ether oxygens (including phenoxy) is 1. The second-order valence-electron chi connectivity index (χ2n) is 5.24. The number of nitrogens with zero attached hydrogens (tertiary/aromatic N) is 4. The number of aromatic nitrogens is 4. The van der Waals surface area contributed by atoms with Crippen molar-refractivity contribution >= 4 is 5.82 Å². The average molecular weight is 277 g/mol. The maximum atomic E-state index is 5.20. The second kappa shape index (κ2) is 5.56. The highest BCUT2D eigenvalue weighted by atomic mass is 16.5. The van der Waals surface area contributed by atoms with Gasteiger partial charge in [0.15, 0.2) is 5.82 Å². The monoisotopic (exact) mass is 277 g/mol. The highest BCUT2D eigenvalue weighted by Crippen LogP contribution is 2.20. The van der Waals surface area contributed by atoms with Gasteiger partial charge in [-0.05, 0) is 27.7 Å². The van der Waals surface area contributed by atoms with Gasteiger partial charge < -0.3 is 10.1 Å². The molecule has 6 heteroatoms. The second-order valence-corrected chi connectivity index (χ2v) is 5.24. The summed E-state index contributed by atoms with van der Waals surface area (Å²) in [6, 6.07) is 2.26. The van der Waals surface area contributed by atoms with E-state index in [1.807, 2.05) is 20.0 Å². The van der Waals surface area contributed by atoms with Crippen molar-refractivity contribution in [3.63, 3.8) is 0 Å². The fourth-order valence-corrected chi connectivity index (χ4v) is 2.36. The van der Waals surface area contributed by atoms with E-state index in [2.05, 4.69) is 41.0 Å². The third-order valence-electron chi connectivity index (χ3n) is 3.46. The predicted molar refractivity (Wildman–Crippen MR) is 79.2 cm³/mol. The van der Waals surface area contributed by atoms with Gasteiger partial charge in [0, 0.05) is 37.0 Å². The molecule has 20 heavy (non-hydrogen) atoms. The van der Waals surface area contributed by atoms with E-state index in [0.29, 0.717) is 12.6 Å². The lowest BCUT2D eigenvalue weighted by molar-refractivity contribution is 0.373. The van der Waals surface area contributed by atoms with Gasteiger partial charge in [0.05, 0.1) is 12.8 Å². The Morgan fingerprint density at radius 1 is 1.30 bits per heavy atom.